The van der Waals surface area contributed by atoms with Crippen molar-refractivity contribution in [3.8, 4) is 0 Å². The zero-order valence-corrected chi connectivity index (χ0v) is 14.7. The molecule has 2 atom stereocenters. The molecule has 2 amide bonds. The first-order chi connectivity index (χ1) is 9.30. The minimum Gasteiger partial charge on any atom is -0.345 e. The molecule has 0 spiro atoms. The van der Waals surface area contributed by atoms with Gasteiger partial charge in [-0.15, -0.1) is 0 Å². The largest absolute Gasteiger partial charge is 0.471 e. The second kappa shape index (κ2) is 7.61. The average Bonchev–Trinajstić information content (AvgIpc) is 2.33. The van der Waals surface area contributed by atoms with Crippen molar-refractivity contribution in [1.29, 1.82) is 0 Å². The van der Waals surface area contributed by atoms with Gasteiger partial charge in [-0.3, -0.25) is 14.4 Å². The Bertz CT molecular complexity index is 383. The summed E-state index contributed by atoms with van der Waals surface area (Å²) >= 11 is 1.83. The van der Waals surface area contributed by atoms with E-state index < -0.39 is 27.5 Å². The molecule has 0 aromatic rings. The minimum atomic E-state index is -4.95. The number of alkyl halides is 4. The van der Waals surface area contributed by atoms with E-state index in [9.17, 15) is 22.8 Å². The van der Waals surface area contributed by atoms with Crippen LogP contribution < -0.4 is 5.32 Å². The minimum absolute atomic E-state index is 0.0679. The van der Waals surface area contributed by atoms with Crippen LogP contribution in [0.5, 0.6) is 0 Å². The van der Waals surface area contributed by atoms with Crippen LogP contribution in [0.2, 0.25) is 0 Å². The molecule has 0 aliphatic heterocycles. The van der Waals surface area contributed by atoms with Crippen LogP contribution >= 0.6 is 22.6 Å². The molecule has 0 saturated carbocycles. The third-order valence-electron chi connectivity index (χ3n) is 2.90. The number of carbonyl (C=O) groups is 2. The second-order valence-corrected chi connectivity index (χ2v) is 7.11. The van der Waals surface area contributed by atoms with Gasteiger partial charge in [0.2, 0.25) is 0 Å². The van der Waals surface area contributed by atoms with Crippen LogP contribution in [-0.2, 0) is 14.4 Å². The fraction of sp³-hybridized carbons (Fsp3) is 0.833. The highest BCUT2D eigenvalue weighted by Gasteiger charge is 2.42. The Morgan fingerprint density at radius 1 is 1.29 bits per heavy atom. The first-order valence-corrected chi connectivity index (χ1v) is 7.38. The van der Waals surface area contributed by atoms with Gasteiger partial charge in [0.25, 0.3) is 5.91 Å². The normalized spacial score (nSPS) is 15.3. The van der Waals surface area contributed by atoms with Crippen LogP contribution in [0, 0.1) is 5.41 Å². The van der Waals surface area contributed by atoms with Gasteiger partial charge in [0, 0.05) is 13.1 Å². The van der Waals surface area contributed by atoms with Crippen molar-refractivity contribution < 1.29 is 27.6 Å². The number of amides is 2. The van der Waals surface area contributed by atoms with E-state index in [1.165, 1.54) is 14.2 Å². The molecule has 0 heterocycles. The van der Waals surface area contributed by atoms with E-state index >= 15 is 0 Å². The topological polar surface area (TPSA) is 58.6 Å². The standard InChI is InChI=1S/C12H20F3IN2O3/c1-11(2,3)8(17-10(20)12(13,14)15)6-7(16)9(19)18(4)21-5/h7-8H,6H2,1-5H3,(H,17,20)/t7?,8-/m1/s1. The Kier molecular flexibility index (Phi) is 7.40. The number of nitrogens with zero attached hydrogens (tertiary/aromatic N) is 1. The van der Waals surface area contributed by atoms with Crippen LogP contribution in [0.25, 0.3) is 0 Å². The number of rotatable bonds is 5. The van der Waals surface area contributed by atoms with Crippen LogP contribution in [0.4, 0.5) is 13.2 Å². The lowest BCUT2D eigenvalue weighted by molar-refractivity contribution is -0.175. The molecule has 0 saturated heterocycles. The van der Waals surface area contributed by atoms with Crippen molar-refractivity contribution in [2.75, 3.05) is 14.2 Å². The van der Waals surface area contributed by atoms with Crippen molar-refractivity contribution in [2.24, 2.45) is 5.41 Å². The third kappa shape index (κ3) is 6.81. The van der Waals surface area contributed by atoms with E-state index in [0.29, 0.717) is 0 Å². The summed E-state index contributed by atoms with van der Waals surface area (Å²) in [6.45, 7) is 5.09. The molecule has 21 heavy (non-hydrogen) atoms. The summed E-state index contributed by atoms with van der Waals surface area (Å²) in [7, 11) is 2.72. The molecular weight excluding hydrogens is 404 g/mol. The molecule has 0 aromatic carbocycles. The van der Waals surface area contributed by atoms with E-state index in [1.807, 2.05) is 27.9 Å². The number of hydrogen-bond acceptors (Lipinski definition) is 3. The van der Waals surface area contributed by atoms with E-state index in [4.69, 9.17) is 4.84 Å². The predicted octanol–water partition coefficient (Wildman–Crippen LogP) is 2.29. The van der Waals surface area contributed by atoms with Crippen molar-refractivity contribution in [3.05, 3.63) is 0 Å². The Morgan fingerprint density at radius 2 is 1.76 bits per heavy atom. The number of carbonyl (C=O) groups excluding carboxylic acids is 2. The lowest BCUT2D eigenvalue weighted by Gasteiger charge is -2.33. The predicted molar refractivity (Wildman–Crippen MR) is 79.6 cm³/mol. The Labute approximate surface area is 135 Å². The maximum Gasteiger partial charge on any atom is 0.471 e. The van der Waals surface area contributed by atoms with Gasteiger partial charge in [-0.25, -0.2) is 5.06 Å². The van der Waals surface area contributed by atoms with Gasteiger partial charge in [-0.05, 0) is 11.8 Å². The maximum atomic E-state index is 12.4. The van der Waals surface area contributed by atoms with Gasteiger partial charge >= 0.3 is 12.1 Å². The molecule has 0 aliphatic rings. The van der Waals surface area contributed by atoms with Crippen LogP contribution in [0.15, 0.2) is 0 Å². The molecule has 0 radical (unpaired) electrons. The van der Waals surface area contributed by atoms with E-state index in [2.05, 4.69) is 0 Å². The zero-order chi connectivity index (χ0) is 17.0. The molecule has 1 unspecified atom stereocenters. The number of hydrogen-bond donors (Lipinski definition) is 1. The quantitative estimate of drug-likeness (QED) is 0.419. The number of hydroxylamine groups is 2. The van der Waals surface area contributed by atoms with E-state index in [1.54, 1.807) is 20.8 Å². The lowest BCUT2D eigenvalue weighted by Crippen LogP contribution is -2.50. The van der Waals surface area contributed by atoms with Gasteiger partial charge in [0.15, 0.2) is 0 Å². The fourth-order valence-electron chi connectivity index (χ4n) is 1.46. The first-order valence-electron chi connectivity index (χ1n) is 6.14. The summed E-state index contributed by atoms with van der Waals surface area (Å²) in [4.78, 5) is 27.7. The van der Waals surface area contributed by atoms with Crippen LogP contribution in [0.3, 0.4) is 0 Å². The van der Waals surface area contributed by atoms with Gasteiger partial charge in [0.05, 0.1) is 11.0 Å². The zero-order valence-electron chi connectivity index (χ0n) is 12.5. The molecule has 124 valence electrons. The van der Waals surface area contributed by atoms with Gasteiger partial charge in [0.1, 0.15) is 0 Å². The highest BCUT2D eigenvalue weighted by atomic mass is 127. The highest BCUT2D eigenvalue weighted by Crippen LogP contribution is 2.27. The smallest absolute Gasteiger partial charge is 0.345 e. The van der Waals surface area contributed by atoms with Crippen LogP contribution in [0.1, 0.15) is 27.2 Å². The highest BCUT2D eigenvalue weighted by molar-refractivity contribution is 14.1. The Balaban J connectivity index is 4.96. The van der Waals surface area contributed by atoms with Crippen molar-refractivity contribution in [2.45, 2.75) is 43.3 Å². The maximum absolute atomic E-state index is 12.4. The lowest BCUT2D eigenvalue weighted by atomic mass is 9.84. The van der Waals surface area contributed by atoms with Gasteiger partial charge in [-0.1, -0.05) is 43.4 Å². The summed E-state index contributed by atoms with van der Waals surface area (Å²) in [5, 5.41) is 2.96. The van der Waals surface area contributed by atoms with Crippen molar-refractivity contribution >= 4 is 34.4 Å². The molecule has 9 heteroatoms. The van der Waals surface area contributed by atoms with E-state index in [-0.39, 0.29) is 12.3 Å². The molecule has 1 N–H and O–H groups in total. The van der Waals surface area contributed by atoms with E-state index in [0.717, 1.165) is 5.06 Å². The molecule has 0 bridgehead atoms. The summed E-state index contributed by atoms with van der Waals surface area (Å²) in [5.41, 5.74) is -0.629. The SMILES string of the molecule is CON(C)C(=O)C(I)C[C@@H](NC(=O)C(F)(F)F)C(C)(C)C. The number of nitrogens with one attached hydrogen (secondary N) is 1. The molecule has 0 aromatic heterocycles. The average molecular weight is 424 g/mol. The van der Waals surface area contributed by atoms with Crippen molar-refractivity contribution in [1.82, 2.24) is 10.4 Å². The third-order valence-corrected chi connectivity index (χ3v) is 3.94. The molecule has 0 fully saturated rings. The number of halogens is 4. The van der Waals surface area contributed by atoms with Crippen molar-refractivity contribution in [3.63, 3.8) is 0 Å². The molecule has 0 aliphatic carbocycles. The second-order valence-electron chi connectivity index (χ2n) is 5.61. The molecule has 5 nitrogen and oxygen atoms in total. The monoisotopic (exact) mass is 424 g/mol. The fourth-order valence-corrected chi connectivity index (χ4v) is 2.36. The van der Waals surface area contributed by atoms with Gasteiger partial charge in [-0.2, -0.15) is 13.2 Å². The Hall–Kier alpha value is -0.580. The molecule has 0 rings (SSSR count). The first kappa shape index (κ1) is 20.4. The summed E-state index contributed by atoms with van der Waals surface area (Å²) in [5.74, 6) is -2.38. The molecular formula is C12H20F3IN2O3. The van der Waals surface area contributed by atoms with Crippen LogP contribution in [-0.4, -0.2) is 47.2 Å². The summed E-state index contributed by atoms with van der Waals surface area (Å²) in [6, 6.07) is -0.803. The Morgan fingerprint density at radius 3 is 2.10 bits per heavy atom. The summed E-state index contributed by atoms with van der Waals surface area (Å²) < 4.78 is 36.5. The summed E-state index contributed by atoms with van der Waals surface area (Å²) in [6.07, 6.45) is -4.88. The van der Waals surface area contributed by atoms with Gasteiger partial charge < -0.3 is 5.32 Å².